The molecule has 0 unspecified atom stereocenters. The molecule has 0 aliphatic rings. The molecule has 1 heterocycles. The minimum Gasteiger partial charge on any atom is -0.352 e. The molecular weight excluding hydrogens is 329 g/mol. The first kappa shape index (κ1) is 18.3. The topological polar surface area (TPSA) is 114 Å². The van der Waals surface area contributed by atoms with E-state index in [1.54, 1.807) is 6.92 Å². The van der Waals surface area contributed by atoms with Crippen molar-refractivity contribution < 1.29 is 14.0 Å². The van der Waals surface area contributed by atoms with Crippen molar-refractivity contribution in [3.8, 4) is 5.69 Å². The number of tetrazole rings is 1. The predicted molar refractivity (Wildman–Crippen MR) is 87.7 cm³/mol. The van der Waals surface area contributed by atoms with Crippen molar-refractivity contribution in [2.75, 3.05) is 13.2 Å². The summed E-state index contributed by atoms with van der Waals surface area (Å²) in [7, 11) is 0. The molecule has 2 aromatic rings. The van der Waals surface area contributed by atoms with Crippen molar-refractivity contribution in [2.45, 2.75) is 25.9 Å². The molecule has 10 heteroatoms. The molecule has 9 nitrogen and oxygen atoms in total. The van der Waals surface area contributed by atoms with E-state index in [2.05, 4.69) is 31.5 Å². The number of alkyl halides is 1. The number of urea groups is 1. The Balaban J connectivity index is 1.96. The Morgan fingerprint density at radius 1 is 1.20 bits per heavy atom. The molecule has 1 aromatic heterocycles. The van der Waals surface area contributed by atoms with Gasteiger partial charge in [-0.2, -0.15) is 4.68 Å². The molecule has 0 fully saturated rings. The number of carbonyl (C=O) groups is 2. The van der Waals surface area contributed by atoms with E-state index in [-0.39, 0.29) is 6.54 Å². The minimum atomic E-state index is -0.802. The van der Waals surface area contributed by atoms with E-state index in [4.69, 9.17) is 0 Å². The van der Waals surface area contributed by atoms with Crippen molar-refractivity contribution in [1.82, 2.24) is 36.2 Å². The van der Waals surface area contributed by atoms with Gasteiger partial charge in [-0.1, -0.05) is 18.2 Å². The number of para-hydroxylation sites is 1. The van der Waals surface area contributed by atoms with Crippen LogP contribution in [0, 0.1) is 0 Å². The van der Waals surface area contributed by atoms with Gasteiger partial charge in [0.15, 0.2) is 5.82 Å². The summed E-state index contributed by atoms with van der Waals surface area (Å²) in [5.41, 5.74) is 0.760. The fraction of sp³-hybridized carbons (Fsp3) is 0.400. The normalized spacial score (nSPS) is 12.9. The van der Waals surface area contributed by atoms with Crippen LogP contribution in [-0.2, 0) is 4.79 Å². The highest BCUT2D eigenvalue weighted by molar-refractivity contribution is 5.86. The zero-order valence-corrected chi connectivity index (χ0v) is 13.9. The number of hydrogen-bond acceptors (Lipinski definition) is 5. The molecule has 0 radical (unpaired) electrons. The number of halogens is 1. The van der Waals surface area contributed by atoms with Crippen LogP contribution in [-0.4, -0.2) is 51.4 Å². The van der Waals surface area contributed by atoms with Crippen molar-refractivity contribution in [1.29, 1.82) is 0 Å². The van der Waals surface area contributed by atoms with Gasteiger partial charge in [0.2, 0.25) is 5.91 Å². The maximum absolute atomic E-state index is 12.1. The van der Waals surface area contributed by atoms with Crippen LogP contribution in [0.4, 0.5) is 9.18 Å². The van der Waals surface area contributed by atoms with Crippen LogP contribution in [0.15, 0.2) is 30.3 Å². The second kappa shape index (κ2) is 8.71. The molecule has 2 atom stereocenters. The maximum atomic E-state index is 12.1. The minimum absolute atomic E-state index is 0.0886. The fourth-order valence-corrected chi connectivity index (χ4v) is 2.11. The third-order valence-electron chi connectivity index (χ3n) is 3.36. The second-order valence-electron chi connectivity index (χ2n) is 5.33. The van der Waals surface area contributed by atoms with Crippen LogP contribution in [0.1, 0.15) is 25.7 Å². The van der Waals surface area contributed by atoms with E-state index in [1.165, 1.54) is 11.6 Å². The predicted octanol–water partition coefficient (Wildman–Crippen LogP) is 0.497. The summed E-state index contributed by atoms with van der Waals surface area (Å²) in [6.07, 6.45) is 0. The van der Waals surface area contributed by atoms with Gasteiger partial charge in [-0.3, -0.25) is 4.79 Å². The van der Waals surface area contributed by atoms with Gasteiger partial charge in [0.05, 0.1) is 11.7 Å². The zero-order valence-electron chi connectivity index (χ0n) is 13.9. The van der Waals surface area contributed by atoms with Gasteiger partial charge in [-0.05, 0) is 36.4 Å². The van der Waals surface area contributed by atoms with Crippen molar-refractivity contribution >= 4 is 11.9 Å². The summed E-state index contributed by atoms with van der Waals surface area (Å²) in [6.45, 7) is 2.48. The summed E-state index contributed by atoms with van der Waals surface area (Å²) in [5, 5.41) is 19.0. The molecule has 0 bridgehead atoms. The molecule has 0 aliphatic carbocycles. The largest absolute Gasteiger partial charge is 0.352 e. The maximum Gasteiger partial charge on any atom is 0.316 e. The molecule has 0 aliphatic heterocycles. The fourth-order valence-electron chi connectivity index (χ4n) is 2.11. The van der Waals surface area contributed by atoms with Gasteiger partial charge >= 0.3 is 6.03 Å². The SMILES string of the molecule is C[C@@H](NC(=O)N[C@H](C)c1nnnn1-c1ccccc1)C(=O)NCCF. The van der Waals surface area contributed by atoms with Crippen LogP contribution in [0.5, 0.6) is 0 Å². The van der Waals surface area contributed by atoms with Crippen LogP contribution < -0.4 is 16.0 Å². The Bertz CT molecular complexity index is 707. The monoisotopic (exact) mass is 349 g/mol. The van der Waals surface area contributed by atoms with Gasteiger partial charge in [0.1, 0.15) is 12.7 Å². The van der Waals surface area contributed by atoms with Gasteiger partial charge < -0.3 is 16.0 Å². The number of benzene rings is 1. The summed E-state index contributed by atoms with van der Waals surface area (Å²) in [5.74, 6) is -0.0227. The Morgan fingerprint density at radius 3 is 2.60 bits per heavy atom. The average molecular weight is 349 g/mol. The summed E-state index contributed by atoms with van der Waals surface area (Å²) >= 11 is 0. The van der Waals surface area contributed by atoms with Crippen LogP contribution >= 0.6 is 0 Å². The first-order chi connectivity index (χ1) is 12.0. The number of carbonyl (C=O) groups excluding carboxylic acids is 2. The number of nitrogens with one attached hydrogen (secondary N) is 3. The van der Waals surface area contributed by atoms with E-state index in [9.17, 15) is 14.0 Å². The smallest absolute Gasteiger partial charge is 0.316 e. The lowest BCUT2D eigenvalue weighted by molar-refractivity contribution is -0.122. The third-order valence-corrected chi connectivity index (χ3v) is 3.36. The zero-order chi connectivity index (χ0) is 18.2. The Labute approximate surface area is 144 Å². The van der Waals surface area contributed by atoms with E-state index in [0.29, 0.717) is 5.82 Å². The van der Waals surface area contributed by atoms with E-state index in [0.717, 1.165) is 5.69 Å². The highest BCUT2D eigenvalue weighted by Gasteiger charge is 2.20. The molecule has 3 N–H and O–H groups in total. The van der Waals surface area contributed by atoms with Crippen LogP contribution in [0.25, 0.3) is 5.69 Å². The molecule has 0 spiro atoms. The molecule has 3 amide bonds. The summed E-state index contributed by atoms with van der Waals surface area (Å²) < 4.78 is 13.6. The molecule has 1 aromatic carbocycles. The number of hydrogen-bond donors (Lipinski definition) is 3. The number of nitrogens with zero attached hydrogens (tertiary/aromatic N) is 4. The van der Waals surface area contributed by atoms with Gasteiger partial charge in [-0.25, -0.2) is 9.18 Å². The van der Waals surface area contributed by atoms with Gasteiger partial charge in [0.25, 0.3) is 0 Å². The lowest BCUT2D eigenvalue weighted by atomic mass is 10.3. The molecule has 2 rings (SSSR count). The van der Waals surface area contributed by atoms with Crippen LogP contribution in [0.2, 0.25) is 0 Å². The lowest BCUT2D eigenvalue weighted by Gasteiger charge is -2.17. The molecular formula is C15H20FN7O2. The van der Waals surface area contributed by atoms with Crippen molar-refractivity contribution in [2.24, 2.45) is 0 Å². The van der Waals surface area contributed by atoms with Crippen molar-refractivity contribution in [3.63, 3.8) is 0 Å². The second-order valence-corrected chi connectivity index (χ2v) is 5.33. The van der Waals surface area contributed by atoms with E-state index >= 15 is 0 Å². The summed E-state index contributed by atoms with van der Waals surface area (Å²) in [4.78, 5) is 23.7. The Kier molecular flexibility index (Phi) is 6.38. The molecule has 25 heavy (non-hydrogen) atoms. The number of aromatic nitrogens is 4. The Morgan fingerprint density at radius 2 is 1.92 bits per heavy atom. The summed E-state index contributed by atoms with van der Waals surface area (Å²) in [6, 6.07) is 7.39. The number of rotatable bonds is 7. The third kappa shape index (κ3) is 4.96. The van der Waals surface area contributed by atoms with E-state index < -0.39 is 30.7 Å². The standard InChI is InChI=1S/C15H20FN7O2/c1-10(18-15(25)19-11(2)14(24)17-9-8-16)13-20-21-22-23(13)12-6-4-3-5-7-12/h3-7,10-11H,8-9H2,1-2H3,(H,17,24)(H2,18,19,25)/t10-,11-/m1/s1. The van der Waals surface area contributed by atoms with Crippen LogP contribution in [0.3, 0.4) is 0 Å². The van der Waals surface area contributed by atoms with Gasteiger partial charge in [0, 0.05) is 6.54 Å². The van der Waals surface area contributed by atoms with E-state index in [1.807, 2.05) is 30.3 Å². The molecule has 0 saturated carbocycles. The highest BCUT2D eigenvalue weighted by Crippen LogP contribution is 2.13. The quantitative estimate of drug-likeness (QED) is 0.673. The highest BCUT2D eigenvalue weighted by atomic mass is 19.1. The average Bonchev–Trinajstić information content (AvgIpc) is 3.10. The molecule has 0 saturated heterocycles. The first-order valence-corrected chi connectivity index (χ1v) is 7.77. The Hall–Kier alpha value is -3.04. The van der Waals surface area contributed by atoms with Crippen molar-refractivity contribution in [3.05, 3.63) is 36.2 Å². The molecule has 134 valence electrons. The lowest BCUT2D eigenvalue weighted by Crippen LogP contribution is -2.49. The van der Waals surface area contributed by atoms with Gasteiger partial charge in [-0.15, -0.1) is 5.10 Å². The first-order valence-electron chi connectivity index (χ1n) is 7.77. The number of amides is 3.